The fraction of sp³-hybridized carbons (Fsp3) is 0.333. The average molecular weight is 446 g/mol. The number of hydrogen-bond donors (Lipinski definition) is 1. The van der Waals surface area contributed by atoms with Crippen molar-refractivity contribution in [2.24, 2.45) is 0 Å². The predicted molar refractivity (Wildman–Crippen MR) is 127 cm³/mol. The number of benzene rings is 2. The van der Waals surface area contributed by atoms with Gasteiger partial charge < -0.3 is 24.3 Å². The first kappa shape index (κ1) is 26.3. The van der Waals surface area contributed by atoms with E-state index >= 15 is 0 Å². The standard InChI is InChI=1S/C18H16O3S.C4H9NO.C2H6O/c1-12-14-8-16(21-11-13-6-4-3-5-7-13)15(20-2)9-17(14)22-18(12)10-19;1-5-3-2-4-6;1-3-2/h3-10H,11H2,1-2H3;4-5H,2-3H2,1H3;1-2H3. The van der Waals surface area contributed by atoms with Crippen LogP contribution >= 0.6 is 11.3 Å². The number of rotatable bonds is 8. The molecule has 2 aromatic carbocycles. The van der Waals surface area contributed by atoms with Crippen molar-refractivity contribution in [2.75, 3.05) is 34.9 Å². The van der Waals surface area contributed by atoms with Crippen molar-refractivity contribution in [1.82, 2.24) is 5.32 Å². The zero-order chi connectivity index (χ0) is 23.1. The molecule has 0 aliphatic heterocycles. The average Bonchev–Trinajstić information content (AvgIpc) is 3.11. The summed E-state index contributed by atoms with van der Waals surface area (Å²) in [4.78, 5) is 21.4. The van der Waals surface area contributed by atoms with Gasteiger partial charge in [0.1, 0.15) is 12.9 Å². The number of ether oxygens (including phenoxy) is 3. The normalized spacial score (nSPS) is 9.71. The van der Waals surface area contributed by atoms with Crippen LogP contribution in [0, 0.1) is 6.92 Å². The van der Waals surface area contributed by atoms with E-state index in [9.17, 15) is 9.59 Å². The van der Waals surface area contributed by atoms with E-state index in [0.29, 0.717) is 24.5 Å². The molecule has 31 heavy (non-hydrogen) atoms. The summed E-state index contributed by atoms with van der Waals surface area (Å²) in [5.41, 5.74) is 2.09. The third-order valence-electron chi connectivity index (χ3n) is 4.12. The summed E-state index contributed by atoms with van der Waals surface area (Å²) in [6, 6.07) is 13.9. The first-order valence-corrected chi connectivity index (χ1v) is 10.6. The molecular formula is C24H31NO5S. The van der Waals surface area contributed by atoms with Crippen LogP contribution in [0.2, 0.25) is 0 Å². The molecule has 7 heteroatoms. The van der Waals surface area contributed by atoms with Crippen LogP contribution < -0.4 is 14.8 Å². The van der Waals surface area contributed by atoms with Crippen molar-refractivity contribution in [3.63, 3.8) is 0 Å². The summed E-state index contributed by atoms with van der Waals surface area (Å²) in [6.07, 6.45) is 2.42. The van der Waals surface area contributed by atoms with Crippen LogP contribution in [-0.4, -0.2) is 47.5 Å². The lowest BCUT2D eigenvalue weighted by Crippen LogP contribution is -2.07. The molecule has 0 atom stereocenters. The van der Waals surface area contributed by atoms with Crippen LogP contribution in [-0.2, 0) is 16.1 Å². The quantitative estimate of drug-likeness (QED) is 0.401. The molecule has 0 unspecified atom stereocenters. The molecule has 3 rings (SSSR count). The van der Waals surface area contributed by atoms with Crippen molar-refractivity contribution in [1.29, 1.82) is 0 Å². The largest absolute Gasteiger partial charge is 0.493 e. The van der Waals surface area contributed by atoms with E-state index in [1.54, 1.807) is 21.3 Å². The van der Waals surface area contributed by atoms with Gasteiger partial charge in [-0.2, -0.15) is 0 Å². The van der Waals surface area contributed by atoms with Crippen LogP contribution in [0.5, 0.6) is 11.5 Å². The number of nitrogens with one attached hydrogen (secondary N) is 1. The first-order valence-electron chi connectivity index (χ1n) is 9.77. The summed E-state index contributed by atoms with van der Waals surface area (Å²) in [5.74, 6) is 1.37. The topological polar surface area (TPSA) is 73.9 Å². The van der Waals surface area contributed by atoms with Crippen molar-refractivity contribution in [3.05, 3.63) is 58.5 Å². The van der Waals surface area contributed by atoms with Crippen LogP contribution in [0.3, 0.4) is 0 Å². The molecule has 0 amide bonds. The Hall–Kier alpha value is -2.74. The maximum atomic E-state index is 11.1. The summed E-state index contributed by atoms with van der Waals surface area (Å²) in [6.45, 7) is 3.23. The minimum absolute atomic E-state index is 0.479. The summed E-state index contributed by atoms with van der Waals surface area (Å²) in [7, 11) is 6.70. The number of aryl methyl sites for hydroxylation is 1. The zero-order valence-electron chi connectivity index (χ0n) is 18.8. The van der Waals surface area contributed by atoms with Crippen LogP contribution in [0.15, 0.2) is 42.5 Å². The molecule has 6 nitrogen and oxygen atoms in total. The fourth-order valence-electron chi connectivity index (χ4n) is 2.57. The number of aldehydes is 2. The van der Waals surface area contributed by atoms with Crippen molar-refractivity contribution < 1.29 is 23.8 Å². The van der Waals surface area contributed by atoms with E-state index < -0.39 is 0 Å². The second-order valence-electron chi connectivity index (χ2n) is 6.45. The Kier molecular flexibility index (Phi) is 12.8. The summed E-state index contributed by atoms with van der Waals surface area (Å²) >= 11 is 1.47. The smallest absolute Gasteiger partial charge is 0.162 e. The Morgan fingerprint density at radius 1 is 1.03 bits per heavy atom. The van der Waals surface area contributed by atoms with Crippen LogP contribution in [0.1, 0.15) is 27.2 Å². The predicted octanol–water partition coefficient (Wildman–Crippen LogP) is 4.67. The SMILES string of the molecule is CNCCC=O.COC.COc1cc2sc(C=O)c(C)c2cc1OCc1ccccc1. The number of thiophene rings is 1. The number of carbonyl (C=O) groups is 2. The van der Waals surface area contributed by atoms with Crippen LogP contribution in [0.4, 0.5) is 0 Å². The Morgan fingerprint density at radius 2 is 1.71 bits per heavy atom. The van der Waals surface area contributed by atoms with Crippen molar-refractivity contribution in [3.8, 4) is 11.5 Å². The molecule has 0 fully saturated rings. The Bertz CT molecular complexity index is 925. The molecular weight excluding hydrogens is 414 g/mol. The minimum atomic E-state index is 0.479. The van der Waals surface area contributed by atoms with Gasteiger partial charge in [0.2, 0.25) is 0 Å². The van der Waals surface area contributed by atoms with E-state index in [4.69, 9.17) is 9.47 Å². The number of methoxy groups -OCH3 is 2. The van der Waals surface area contributed by atoms with Gasteiger partial charge in [-0.3, -0.25) is 4.79 Å². The first-order chi connectivity index (χ1) is 15.1. The molecule has 0 saturated heterocycles. The van der Waals surface area contributed by atoms with Crippen molar-refractivity contribution >= 4 is 34.0 Å². The highest BCUT2D eigenvalue weighted by atomic mass is 32.1. The Labute approximate surface area is 188 Å². The van der Waals surface area contributed by atoms with Crippen molar-refractivity contribution in [2.45, 2.75) is 20.0 Å². The molecule has 0 spiro atoms. The molecule has 168 valence electrons. The van der Waals surface area contributed by atoms with Gasteiger partial charge in [-0.05, 0) is 31.2 Å². The molecule has 3 aromatic rings. The molecule has 0 radical (unpaired) electrons. The van der Waals surface area contributed by atoms with E-state index in [1.807, 2.05) is 56.4 Å². The number of fused-ring (bicyclic) bond motifs is 1. The maximum absolute atomic E-state index is 11.1. The van der Waals surface area contributed by atoms with E-state index in [1.165, 1.54) is 11.3 Å². The van der Waals surface area contributed by atoms with Gasteiger partial charge in [-0.1, -0.05) is 30.3 Å². The fourth-order valence-corrected chi connectivity index (χ4v) is 3.61. The number of hydrogen-bond acceptors (Lipinski definition) is 7. The van der Waals surface area contributed by atoms with Gasteiger partial charge in [0.25, 0.3) is 0 Å². The highest BCUT2D eigenvalue weighted by Gasteiger charge is 2.13. The van der Waals surface area contributed by atoms with E-state index in [2.05, 4.69) is 10.1 Å². The number of carbonyl (C=O) groups excluding carboxylic acids is 2. The third-order valence-corrected chi connectivity index (χ3v) is 5.30. The van der Waals surface area contributed by atoms with E-state index in [0.717, 1.165) is 45.2 Å². The van der Waals surface area contributed by atoms with Gasteiger partial charge in [-0.15, -0.1) is 11.3 Å². The molecule has 0 bridgehead atoms. The van der Waals surface area contributed by atoms with E-state index in [-0.39, 0.29) is 0 Å². The molecule has 0 aliphatic carbocycles. The van der Waals surface area contributed by atoms with Gasteiger partial charge in [0, 0.05) is 43.3 Å². The molecule has 1 N–H and O–H groups in total. The second kappa shape index (κ2) is 15.1. The molecule has 0 saturated carbocycles. The highest BCUT2D eigenvalue weighted by molar-refractivity contribution is 7.20. The Morgan fingerprint density at radius 3 is 2.23 bits per heavy atom. The third kappa shape index (κ3) is 8.49. The zero-order valence-corrected chi connectivity index (χ0v) is 19.6. The lowest BCUT2D eigenvalue weighted by atomic mass is 10.1. The summed E-state index contributed by atoms with van der Waals surface area (Å²) in [5, 5.41) is 3.88. The van der Waals surface area contributed by atoms with Gasteiger partial charge in [-0.25, -0.2) is 0 Å². The molecule has 0 aliphatic rings. The van der Waals surface area contributed by atoms with Gasteiger partial charge >= 0.3 is 0 Å². The maximum Gasteiger partial charge on any atom is 0.162 e. The Balaban J connectivity index is 0.000000455. The van der Waals surface area contributed by atoms with Gasteiger partial charge in [0.15, 0.2) is 17.8 Å². The minimum Gasteiger partial charge on any atom is -0.493 e. The molecule has 1 heterocycles. The van der Waals surface area contributed by atoms with Crippen LogP contribution in [0.25, 0.3) is 10.1 Å². The lowest BCUT2D eigenvalue weighted by molar-refractivity contribution is -0.107. The highest BCUT2D eigenvalue weighted by Crippen LogP contribution is 2.38. The lowest BCUT2D eigenvalue weighted by Gasteiger charge is -2.11. The molecule has 1 aromatic heterocycles. The van der Waals surface area contributed by atoms with Gasteiger partial charge in [0.05, 0.1) is 12.0 Å². The second-order valence-corrected chi connectivity index (χ2v) is 7.53. The monoisotopic (exact) mass is 445 g/mol. The summed E-state index contributed by atoms with van der Waals surface area (Å²) < 4.78 is 16.6.